The lowest BCUT2D eigenvalue weighted by atomic mass is 10.1. The van der Waals surface area contributed by atoms with Gasteiger partial charge in [0.25, 0.3) is 0 Å². The first-order valence-electron chi connectivity index (χ1n) is 12.5. The zero-order chi connectivity index (χ0) is 27.9. The van der Waals surface area contributed by atoms with E-state index in [1.807, 2.05) is 66.9 Å². The van der Waals surface area contributed by atoms with Gasteiger partial charge in [-0.15, -0.1) is 11.7 Å². The van der Waals surface area contributed by atoms with Crippen molar-refractivity contribution in [3.63, 3.8) is 0 Å². The van der Waals surface area contributed by atoms with Crippen molar-refractivity contribution < 1.29 is 9.59 Å². The number of benzene rings is 3. The Kier molecular flexibility index (Phi) is 8.53. The number of nitrogens with one attached hydrogen (secondary N) is 1. The van der Waals surface area contributed by atoms with Gasteiger partial charge in [0.15, 0.2) is 5.17 Å². The van der Waals surface area contributed by atoms with Gasteiger partial charge < -0.3 is 5.32 Å². The summed E-state index contributed by atoms with van der Waals surface area (Å²) < 4.78 is 1.80. The lowest BCUT2D eigenvalue weighted by Gasteiger charge is -2.12. The lowest BCUT2D eigenvalue weighted by Crippen LogP contribution is -2.33. The second-order valence-corrected chi connectivity index (χ2v) is 10.4. The van der Waals surface area contributed by atoms with Crippen LogP contribution in [-0.2, 0) is 9.59 Å². The molecule has 1 aliphatic heterocycles. The van der Waals surface area contributed by atoms with E-state index in [0.29, 0.717) is 15.9 Å². The topological polar surface area (TPSA) is 92.0 Å². The summed E-state index contributed by atoms with van der Waals surface area (Å²) in [7, 11) is 0. The first-order chi connectivity index (χ1) is 19.5. The van der Waals surface area contributed by atoms with E-state index < -0.39 is 5.25 Å². The molecule has 1 unspecified atom stereocenters. The van der Waals surface area contributed by atoms with Gasteiger partial charge in [-0.2, -0.15) is 10.2 Å². The van der Waals surface area contributed by atoms with Crippen molar-refractivity contribution in [3.05, 3.63) is 114 Å². The molecule has 1 aliphatic rings. The third-order valence-corrected chi connectivity index (χ3v) is 7.40. The molecule has 40 heavy (non-hydrogen) atoms. The molecule has 2 heterocycles. The van der Waals surface area contributed by atoms with Crippen molar-refractivity contribution in [3.8, 4) is 16.9 Å². The second-order valence-electron chi connectivity index (χ2n) is 8.81. The monoisotopic (exact) mass is 568 g/mol. The summed E-state index contributed by atoms with van der Waals surface area (Å²) in [5.41, 5.74) is 3.99. The molecule has 3 aromatic carbocycles. The Hall–Kier alpha value is -4.47. The predicted molar refractivity (Wildman–Crippen MR) is 162 cm³/mol. The van der Waals surface area contributed by atoms with E-state index in [0.717, 1.165) is 22.5 Å². The van der Waals surface area contributed by atoms with Gasteiger partial charge in [-0.1, -0.05) is 78.0 Å². The molecule has 0 bridgehead atoms. The van der Waals surface area contributed by atoms with E-state index in [4.69, 9.17) is 16.7 Å². The highest BCUT2D eigenvalue weighted by Crippen LogP contribution is 2.30. The molecule has 1 fully saturated rings. The minimum atomic E-state index is -0.623. The summed E-state index contributed by atoms with van der Waals surface area (Å²) in [4.78, 5) is 27.2. The summed E-state index contributed by atoms with van der Waals surface area (Å²) in [6, 6.07) is 26.4. The molecule has 200 valence electrons. The van der Waals surface area contributed by atoms with Crippen molar-refractivity contribution >= 4 is 52.2 Å². The standard InChI is InChI=1S/C30H25ClN6O2S/c1-2-17-36-29(39)26(18-27(38)33-24-15-13-23(31)14-16-24)40-30(36)34-32-19-22-20-37(25-11-7-4-8-12-25)35-28(22)21-9-5-3-6-10-21/h2-16,19-20,26H,1,17-18H2,(H,33,38)/b32-19+,34-30-. The van der Waals surface area contributed by atoms with Gasteiger partial charge >= 0.3 is 0 Å². The van der Waals surface area contributed by atoms with E-state index in [2.05, 4.69) is 22.1 Å². The molecule has 1 aromatic heterocycles. The van der Waals surface area contributed by atoms with Gasteiger partial charge in [0.2, 0.25) is 11.8 Å². The Morgan fingerprint density at radius 3 is 2.45 bits per heavy atom. The largest absolute Gasteiger partial charge is 0.326 e. The van der Waals surface area contributed by atoms with Crippen molar-refractivity contribution in [1.29, 1.82) is 0 Å². The van der Waals surface area contributed by atoms with E-state index in [9.17, 15) is 9.59 Å². The van der Waals surface area contributed by atoms with Gasteiger partial charge in [0, 0.05) is 41.0 Å². The zero-order valence-electron chi connectivity index (χ0n) is 21.4. The van der Waals surface area contributed by atoms with Crippen LogP contribution in [0.4, 0.5) is 5.69 Å². The predicted octanol–water partition coefficient (Wildman–Crippen LogP) is 6.04. The number of carbonyl (C=O) groups excluding carboxylic acids is 2. The van der Waals surface area contributed by atoms with Gasteiger partial charge in [0.1, 0.15) is 10.9 Å². The number of hydrogen-bond acceptors (Lipinski definition) is 6. The minimum absolute atomic E-state index is 0.00942. The molecule has 8 nitrogen and oxygen atoms in total. The third kappa shape index (κ3) is 6.39. The summed E-state index contributed by atoms with van der Waals surface area (Å²) in [6.07, 6.45) is 5.12. The fourth-order valence-electron chi connectivity index (χ4n) is 4.08. The first-order valence-corrected chi connectivity index (χ1v) is 13.7. The van der Waals surface area contributed by atoms with Crippen LogP contribution in [-0.4, -0.2) is 49.7 Å². The van der Waals surface area contributed by atoms with Crippen LogP contribution in [0.5, 0.6) is 0 Å². The number of nitrogens with zero attached hydrogens (tertiary/aromatic N) is 5. The Morgan fingerprint density at radius 1 is 1.05 bits per heavy atom. The molecule has 1 saturated heterocycles. The van der Waals surface area contributed by atoms with Crippen molar-refractivity contribution in [2.24, 2.45) is 10.2 Å². The summed E-state index contributed by atoms with van der Waals surface area (Å²) in [5, 5.41) is 16.6. The Morgan fingerprint density at radius 2 is 1.75 bits per heavy atom. The molecule has 0 radical (unpaired) electrons. The number of anilines is 1. The lowest BCUT2D eigenvalue weighted by molar-refractivity contribution is -0.127. The van der Waals surface area contributed by atoms with E-state index >= 15 is 0 Å². The molecule has 10 heteroatoms. The number of amidine groups is 1. The fourth-order valence-corrected chi connectivity index (χ4v) is 5.31. The minimum Gasteiger partial charge on any atom is -0.326 e. The number of hydrogen-bond donors (Lipinski definition) is 1. The highest BCUT2D eigenvalue weighted by Gasteiger charge is 2.38. The Labute approximate surface area is 241 Å². The number of aromatic nitrogens is 2. The van der Waals surface area contributed by atoms with Crippen LogP contribution in [0.25, 0.3) is 16.9 Å². The summed E-state index contributed by atoms with van der Waals surface area (Å²) in [5.74, 6) is -0.496. The van der Waals surface area contributed by atoms with E-state index in [1.54, 1.807) is 41.2 Å². The Bertz CT molecular complexity index is 1570. The average molecular weight is 569 g/mol. The molecule has 0 saturated carbocycles. The SMILES string of the molecule is C=CCN1C(=O)C(CC(=O)Nc2ccc(Cl)cc2)S/C1=N\N=C\c1cn(-c2ccccc2)nc1-c1ccccc1. The highest BCUT2D eigenvalue weighted by atomic mass is 35.5. The smallest absolute Gasteiger partial charge is 0.243 e. The number of carbonyl (C=O) groups is 2. The second kappa shape index (κ2) is 12.6. The number of thioether (sulfide) groups is 1. The quantitative estimate of drug-likeness (QED) is 0.151. The van der Waals surface area contributed by atoms with Crippen LogP contribution in [0.3, 0.4) is 0 Å². The van der Waals surface area contributed by atoms with Gasteiger partial charge in [-0.25, -0.2) is 4.68 Å². The van der Waals surface area contributed by atoms with E-state index in [1.165, 1.54) is 16.7 Å². The Balaban J connectivity index is 1.36. The molecule has 0 aliphatic carbocycles. The van der Waals surface area contributed by atoms with Crippen LogP contribution in [0.2, 0.25) is 5.02 Å². The normalized spacial score (nSPS) is 16.1. The van der Waals surface area contributed by atoms with Gasteiger partial charge in [-0.05, 0) is 36.4 Å². The molecule has 1 atom stereocenters. The van der Waals surface area contributed by atoms with Crippen molar-refractivity contribution in [2.45, 2.75) is 11.7 Å². The molecule has 5 rings (SSSR count). The van der Waals surface area contributed by atoms with Crippen LogP contribution in [0.1, 0.15) is 12.0 Å². The molecule has 0 spiro atoms. The van der Waals surface area contributed by atoms with E-state index in [-0.39, 0.29) is 24.8 Å². The van der Waals surface area contributed by atoms with Crippen molar-refractivity contribution in [1.82, 2.24) is 14.7 Å². The van der Waals surface area contributed by atoms with Gasteiger partial charge in [-0.3, -0.25) is 14.5 Å². The number of amides is 2. The van der Waals surface area contributed by atoms with Crippen LogP contribution in [0, 0.1) is 0 Å². The maximum Gasteiger partial charge on any atom is 0.243 e. The van der Waals surface area contributed by atoms with Gasteiger partial charge in [0.05, 0.1) is 11.9 Å². The summed E-state index contributed by atoms with van der Waals surface area (Å²) in [6.45, 7) is 4.01. The molecular weight excluding hydrogens is 544 g/mol. The number of rotatable bonds is 9. The molecule has 2 amide bonds. The number of halogens is 1. The van der Waals surface area contributed by atoms with Crippen LogP contribution >= 0.6 is 23.4 Å². The highest BCUT2D eigenvalue weighted by molar-refractivity contribution is 8.15. The number of para-hydroxylation sites is 1. The maximum absolute atomic E-state index is 13.1. The van der Waals surface area contributed by atoms with Crippen LogP contribution in [0.15, 0.2) is 114 Å². The zero-order valence-corrected chi connectivity index (χ0v) is 22.9. The maximum atomic E-state index is 13.1. The first kappa shape index (κ1) is 27.1. The summed E-state index contributed by atoms with van der Waals surface area (Å²) >= 11 is 7.12. The molecule has 4 aromatic rings. The van der Waals surface area contributed by atoms with Crippen LogP contribution < -0.4 is 5.32 Å². The molecular formula is C30H25ClN6O2S. The average Bonchev–Trinajstić information content (AvgIpc) is 3.52. The molecule has 1 N–H and O–H groups in total. The van der Waals surface area contributed by atoms with Crippen molar-refractivity contribution in [2.75, 3.05) is 11.9 Å². The third-order valence-electron chi connectivity index (χ3n) is 5.98. The fraction of sp³-hybridized carbons (Fsp3) is 0.100.